The van der Waals surface area contributed by atoms with Gasteiger partial charge < -0.3 is 10.6 Å². The van der Waals surface area contributed by atoms with Crippen LogP contribution in [0.3, 0.4) is 0 Å². The molecule has 0 saturated carbocycles. The van der Waals surface area contributed by atoms with Gasteiger partial charge in [-0.1, -0.05) is 12.1 Å². The average Bonchev–Trinajstić information content (AvgIpc) is 2.61. The van der Waals surface area contributed by atoms with Crippen LogP contribution in [-0.4, -0.2) is 11.8 Å². The largest absolute Gasteiger partial charge is 0.326 e. The van der Waals surface area contributed by atoms with Gasteiger partial charge in [0.25, 0.3) is 5.91 Å². The number of amides is 2. The summed E-state index contributed by atoms with van der Waals surface area (Å²) < 4.78 is 0. The second-order valence-electron chi connectivity index (χ2n) is 4.02. The van der Waals surface area contributed by atoms with E-state index >= 15 is 0 Å². The van der Waals surface area contributed by atoms with Crippen LogP contribution in [0, 0.1) is 0 Å². The third-order valence-corrected chi connectivity index (χ3v) is 2.84. The lowest BCUT2D eigenvalue weighted by atomic mass is 10.0. The first-order valence-electron chi connectivity index (χ1n) is 5.31. The minimum atomic E-state index is -0.122. The molecule has 4 nitrogen and oxygen atoms in total. The van der Waals surface area contributed by atoms with Crippen LogP contribution in [0.4, 0.5) is 11.4 Å². The van der Waals surface area contributed by atoms with E-state index in [9.17, 15) is 9.59 Å². The Kier molecular flexibility index (Phi) is 1.92. The van der Waals surface area contributed by atoms with Gasteiger partial charge in [-0.3, -0.25) is 9.59 Å². The predicted octanol–water partition coefficient (Wildman–Crippen LogP) is 2.36. The number of anilines is 2. The number of rotatable bonds is 1. The van der Waals surface area contributed by atoms with Gasteiger partial charge in [0, 0.05) is 34.6 Å². The smallest absolute Gasteiger partial charge is 0.256 e. The summed E-state index contributed by atoms with van der Waals surface area (Å²) in [6, 6.07) is 9.10. The molecule has 0 spiro atoms. The fourth-order valence-electron chi connectivity index (χ4n) is 2.19. The van der Waals surface area contributed by atoms with Crippen molar-refractivity contribution in [3.05, 3.63) is 35.9 Å². The van der Waals surface area contributed by atoms with Gasteiger partial charge in [0.2, 0.25) is 5.91 Å². The molecule has 0 aromatic heterocycles. The van der Waals surface area contributed by atoms with Crippen LogP contribution in [0.2, 0.25) is 0 Å². The molecule has 0 radical (unpaired) electrons. The van der Waals surface area contributed by atoms with Crippen molar-refractivity contribution in [1.82, 2.24) is 0 Å². The lowest BCUT2D eigenvalue weighted by molar-refractivity contribution is -0.114. The van der Waals surface area contributed by atoms with E-state index in [4.69, 9.17) is 0 Å². The molecule has 0 aliphatic carbocycles. The lowest BCUT2D eigenvalue weighted by Crippen LogP contribution is -2.06. The van der Waals surface area contributed by atoms with E-state index in [2.05, 4.69) is 10.6 Å². The van der Waals surface area contributed by atoms with Gasteiger partial charge in [-0.2, -0.15) is 0 Å². The number of carbonyl (C=O) groups excluding carboxylic acids is 2. The van der Waals surface area contributed by atoms with E-state index in [1.54, 1.807) is 12.1 Å². The number of benzene rings is 2. The first kappa shape index (κ1) is 9.84. The Morgan fingerprint density at radius 1 is 1.24 bits per heavy atom. The van der Waals surface area contributed by atoms with Crippen LogP contribution < -0.4 is 10.6 Å². The van der Waals surface area contributed by atoms with Gasteiger partial charge >= 0.3 is 0 Å². The molecule has 17 heavy (non-hydrogen) atoms. The Labute approximate surface area is 97.6 Å². The van der Waals surface area contributed by atoms with Crippen LogP contribution in [0.5, 0.6) is 0 Å². The Bertz CT molecular complexity index is 662. The quantitative estimate of drug-likeness (QED) is 0.784. The highest BCUT2D eigenvalue weighted by Gasteiger charge is 2.22. The molecule has 84 valence electrons. The van der Waals surface area contributed by atoms with E-state index in [1.807, 2.05) is 18.2 Å². The summed E-state index contributed by atoms with van der Waals surface area (Å²) in [6.45, 7) is 1.46. The molecule has 0 fully saturated rings. The molecule has 0 bridgehead atoms. The van der Waals surface area contributed by atoms with Gasteiger partial charge in [-0.15, -0.1) is 0 Å². The molecule has 2 aromatic rings. The van der Waals surface area contributed by atoms with Crippen LogP contribution in [-0.2, 0) is 4.79 Å². The molecular weight excluding hydrogens is 216 g/mol. The fourth-order valence-corrected chi connectivity index (χ4v) is 2.19. The molecule has 1 aliphatic heterocycles. The van der Waals surface area contributed by atoms with Crippen molar-refractivity contribution in [3.63, 3.8) is 0 Å². The van der Waals surface area contributed by atoms with Crippen LogP contribution in [0.25, 0.3) is 10.8 Å². The first-order valence-corrected chi connectivity index (χ1v) is 5.31. The minimum Gasteiger partial charge on any atom is -0.326 e. The summed E-state index contributed by atoms with van der Waals surface area (Å²) in [5.74, 6) is -0.214. The summed E-state index contributed by atoms with van der Waals surface area (Å²) in [5, 5.41) is 7.33. The van der Waals surface area contributed by atoms with E-state index in [0.717, 1.165) is 22.1 Å². The summed E-state index contributed by atoms with van der Waals surface area (Å²) >= 11 is 0. The van der Waals surface area contributed by atoms with Crippen LogP contribution in [0.1, 0.15) is 17.3 Å². The second-order valence-corrected chi connectivity index (χ2v) is 4.02. The van der Waals surface area contributed by atoms with Crippen molar-refractivity contribution in [1.29, 1.82) is 0 Å². The minimum absolute atomic E-state index is 0.0921. The topological polar surface area (TPSA) is 58.2 Å². The van der Waals surface area contributed by atoms with E-state index in [0.29, 0.717) is 5.56 Å². The molecule has 0 atom stereocenters. The fraction of sp³-hybridized carbons (Fsp3) is 0.0769. The number of hydrogen-bond donors (Lipinski definition) is 2. The molecule has 1 aliphatic rings. The highest BCUT2D eigenvalue weighted by Crippen LogP contribution is 2.36. The first-order chi connectivity index (χ1) is 8.16. The van der Waals surface area contributed by atoms with E-state index < -0.39 is 0 Å². The maximum atomic E-state index is 11.7. The molecule has 3 rings (SSSR count). The van der Waals surface area contributed by atoms with Crippen LogP contribution in [0.15, 0.2) is 30.3 Å². The molecule has 0 saturated heterocycles. The summed E-state index contributed by atoms with van der Waals surface area (Å²) in [5.41, 5.74) is 2.19. The number of nitrogens with one attached hydrogen (secondary N) is 2. The second kappa shape index (κ2) is 3.31. The average molecular weight is 226 g/mol. The molecule has 2 amide bonds. The van der Waals surface area contributed by atoms with Crippen molar-refractivity contribution in [3.8, 4) is 0 Å². The Balaban J connectivity index is 2.33. The Morgan fingerprint density at radius 3 is 2.82 bits per heavy atom. The standard InChI is InChI=1S/C13H10N2O2/c1-7(16)14-10-5-6-11-12-8(10)3-2-4-9(12)13(17)15-11/h2-6H,1H3,(H,14,16)(H,15,17). The van der Waals surface area contributed by atoms with Crippen LogP contribution >= 0.6 is 0 Å². The molecule has 2 aromatic carbocycles. The monoisotopic (exact) mass is 226 g/mol. The van der Waals surface area contributed by atoms with Gasteiger partial charge in [0.05, 0.1) is 0 Å². The molecule has 2 N–H and O–H groups in total. The zero-order valence-electron chi connectivity index (χ0n) is 9.20. The van der Waals surface area contributed by atoms with Crippen molar-refractivity contribution < 1.29 is 9.59 Å². The molecular formula is C13H10N2O2. The zero-order chi connectivity index (χ0) is 12.0. The SMILES string of the molecule is CC(=O)Nc1ccc2c3c(cccc13)C(=O)N2. The maximum absolute atomic E-state index is 11.7. The molecule has 1 heterocycles. The van der Waals surface area contributed by atoms with Gasteiger partial charge in [0.1, 0.15) is 0 Å². The van der Waals surface area contributed by atoms with Gasteiger partial charge in [-0.05, 0) is 18.2 Å². The van der Waals surface area contributed by atoms with Crippen molar-refractivity contribution in [2.24, 2.45) is 0 Å². The van der Waals surface area contributed by atoms with Gasteiger partial charge in [0.15, 0.2) is 0 Å². The Hall–Kier alpha value is -2.36. The van der Waals surface area contributed by atoms with Gasteiger partial charge in [-0.25, -0.2) is 0 Å². The molecule has 0 unspecified atom stereocenters. The van der Waals surface area contributed by atoms with Crippen molar-refractivity contribution in [2.45, 2.75) is 6.92 Å². The third-order valence-electron chi connectivity index (χ3n) is 2.84. The number of hydrogen-bond acceptors (Lipinski definition) is 2. The zero-order valence-corrected chi connectivity index (χ0v) is 9.20. The van der Waals surface area contributed by atoms with Crippen molar-refractivity contribution >= 4 is 34.0 Å². The molecule has 4 heteroatoms. The summed E-state index contributed by atoms with van der Waals surface area (Å²) in [6.07, 6.45) is 0. The summed E-state index contributed by atoms with van der Waals surface area (Å²) in [4.78, 5) is 22.8. The van der Waals surface area contributed by atoms with E-state index in [-0.39, 0.29) is 11.8 Å². The maximum Gasteiger partial charge on any atom is 0.256 e. The Morgan fingerprint density at radius 2 is 2.06 bits per heavy atom. The highest BCUT2D eigenvalue weighted by atomic mass is 16.2. The number of carbonyl (C=O) groups is 2. The summed E-state index contributed by atoms with van der Waals surface area (Å²) in [7, 11) is 0. The van der Waals surface area contributed by atoms with E-state index in [1.165, 1.54) is 6.92 Å². The third kappa shape index (κ3) is 1.38. The lowest BCUT2D eigenvalue weighted by Gasteiger charge is -2.07. The highest BCUT2D eigenvalue weighted by molar-refractivity contribution is 6.26. The van der Waals surface area contributed by atoms with Crippen molar-refractivity contribution in [2.75, 3.05) is 10.6 Å². The predicted molar refractivity (Wildman–Crippen MR) is 66.2 cm³/mol. The normalized spacial score (nSPS) is 12.6.